The third-order valence-electron chi connectivity index (χ3n) is 2.57. The van der Waals surface area contributed by atoms with Gasteiger partial charge in [0.15, 0.2) is 5.88 Å². The van der Waals surface area contributed by atoms with E-state index in [1.165, 1.54) is 0 Å². The summed E-state index contributed by atoms with van der Waals surface area (Å²) in [6.45, 7) is 6.91. The van der Waals surface area contributed by atoms with E-state index in [0.717, 1.165) is 5.56 Å². The van der Waals surface area contributed by atoms with Gasteiger partial charge in [-0.3, -0.25) is 9.02 Å². The Morgan fingerprint density at radius 1 is 1.17 bits per heavy atom. The third kappa shape index (κ3) is 8.28. The normalized spacial score (nSPS) is 12.0. The predicted octanol–water partition coefficient (Wildman–Crippen LogP) is 3.07. The molecule has 8 heteroatoms. The fourth-order valence-electron chi connectivity index (χ4n) is 1.57. The number of carbonyl (C=O) groups is 1. The number of nitrogens with zero attached hydrogens (tertiary/aromatic N) is 1. The average molecular weight is 359 g/mol. The molecule has 0 atom stereocenters. The molecule has 0 spiro atoms. The molecule has 1 rings (SSSR count). The summed E-state index contributed by atoms with van der Waals surface area (Å²) in [5, 5.41) is 0.670. The number of ether oxygens (including phenoxy) is 1. The first kappa shape index (κ1) is 20.4. The lowest BCUT2D eigenvalue weighted by Gasteiger charge is -2.26. The van der Waals surface area contributed by atoms with E-state index in [4.69, 9.17) is 13.8 Å². The van der Waals surface area contributed by atoms with Crippen LogP contribution >= 0.6 is 0 Å². The molecule has 0 aliphatic carbocycles. The number of benzene rings is 1. The lowest BCUT2D eigenvalue weighted by molar-refractivity contribution is -0.146. The van der Waals surface area contributed by atoms with Crippen LogP contribution in [-0.4, -0.2) is 37.7 Å². The maximum atomic E-state index is 12.2. The van der Waals surface area contributed by atoms with Gasteiger partial charge in [0, 0.05) is 0 Å². The number of hydrogen-bond donors (Lipinski definition) is 0. The van der Waals surface area contributed by atoms with Crippen molar-refractivity contribution in [3.8, 4) is 0 Å². The van der Waals surface area contributed by atoms with Gasteiger partial charge < -0.3 is 4.74 Å². The Hall–Kier alpha value is -1.64. The highest BCUT2D eigenvalue weighted by Crippen LogP contribution is 2.13. The van der Waals surface area contributed by atoms with Gasteiger partial charge in [0.05, 0.1) is 6.61 Å². The second-order valence-electron chi connectivity index (χ2n) is 6.13. The summed E-state index contributed by atoms with van der Waals surface area (Å²) >= 11 is 0. The summed E-state index contributed by atoms with van der Waals surface area (Å²) in [7, 11) is -3.95. The van der Waals surface area contributed by atoms with Gasteiger partial charge in [-0.15, -0.1) is 0 Å². The fourth-order valence-corrected chi connectivity index (χ4v) is 2.54. The monoisotopic (exact) mass is 359 g/mol. The van der Waals surface area contributed by atoms with Gasteiger partial charge in [0.25, 0.3) is 10.1 Å². The van der Waals surface area contributed by atoms with E-state index in [2.05, 4.69) is 0 Å². The van der Waals surface area contributed by atoms with Crippen LogP contribution in [0.2, 0.25) is 0 Å². The molecular formula is C16H25NO6S. The topological polar surface area (TPSA) is 82.1 Å². The van der Waals surface area contributed by atoms with Crippen LogP contribution in [0.3, 0.4) is 0 Å². The molecular weight excluding hydrogens is 334 g/mol. The molecule has 0 aromatic heterocycles. The minimum absolute atomic E-state index is 0.0311. The number of hydroxylamine groups is 2. The highest BCUT2D eigenvalue weighted by Gasteiger charge is 2.28. The van der Waals surface area contributed by atoms with E-state index >= 15 is 0 Å². The minimum atomic E-state index is -3.95. The zero-order chi connectivity index (χ0) is 18.2. The molecule has 0 heterocycles. The Morgan fingerprint density at radius 3 is 2.33 bits per heavy atom. The molecule has 1 amide bonds. The van der Waals surface area contributed by atoms with Gasteiger partial charge in [-0.25, -0.2) is 4.79 Å². The molecule has 7 nitrogen and oxygen atoms in total. The SMILES string of the molecule is CCCOS(=O)(=O)CN(OCc1ccccc1)C(=O)OC(C)(C)C. The molecule has 0 unspecified atom stereocenters. The summed E-state index contributed by atoms with van der Waals surface area (Å²) in [5.41, 5.74) is 0.0115. The standard InChI is InChI=1S/C16H25NO6S/c1-5-11-22-24(19,20)13-17(15(18)23-16(2,3)4)21-12-14-9-7-6-8-10-14/h6-10H,5,11-13H2,1-4H3. The van der Waals surface area contributed by atoms with Gasteiger partial charge in [-0.1, -0.05) is 37.3 Å². The smallest absolute Gasteiger partial charge is 0.435 e. The zero-order valence-electron chi connectivity index (χ0n) is 14.5. The highest BCUT2D eigenvalue weighted by molar-refractivity contribution is 7.86. The first-order valence-corrected chi connectivity index (χ1v) is 9.25. The van der Waals surface area contributed by atoms with Gasteiger partial charge in [0.1, 0.15) is 12.2 Å². The lowest BCUT2D eigenvalue weighted by Crippen LogP contribution is -2.40. The van der Waals surface area contributed by atoms with Crippen molar-refractivity contribution in [1.82, 2.24) is 5.06 Å². The number of hydrogen-bond acceptors (Lipinski definition) is 6. The summed E-state index contributed by atoms with van der Waals surface area (Å²) in [4.78, 5) is 17.5. The minimum Gasteiger partial charge on any atom is -0.442 e. The van der Waals surface area contributed by atoms with Gasteiger partial charge in [-0.05, 0) is 32.8 Å². The highest BCUT2D eigenvalue weighted by atomic mass is 32.2. The molecule has 0 N–H and O–H groups in total. The van der Waals surface area contributed by atoms with Gasteiger partial charge in [-0.2, -0.15) is 13.5 Å². The van der Waals surface area contributed by atoms with Crippen LogP contribution < -0.4 is 0 Å². The van der Waals surface area contributed by atoms with Crippen molar-refractivity contribution < 1.29 is 27.0 Å². The molecule has 1 aromatic carbocycles. The molecule has 0 saturated heterocycles. The van der Waals surface area contributed by atoms with Crippen molar-refractivity contribution in [2.45, 2.75) is 46.3 Å². The van der Waals surface area contributed by atoms with Gasteiger partial charge in [0.2, 0.25) is 0 Å². The summed E-state index contributed by atoms with van der Waals surface area (Å²) in [6.07, 6.45) is -0.349. The zero-order valence-corrected chi connectivity index (χ0v) is 15.3. The van der Waals surface area contributed by atoms with E-state index in [9.17, 15) is 13.2 Å². The summed E-state index contributed by atoms with van der Waals surface area (Å²) in [6, 6.07) is 9.08. The van der Waals surface area contributed by atoms with E-state index in [-0.39, 0.29) is 13.2 Å². The van der Waals surface area contributed by atoms with Crippen molar-refractivity contribution >= 4 is 16.2 Å². The lowest BCUT2D eigenvalue weighted by atomic mass is 10.2. The van der Waals surface area contributed by atoms with Crippen LogP contribution in [0.4, 0.5) is 4.79 Å². The van der Waals surface area contributed by atoms with Crippen molar-refractivity contribution in [1.29, 1.82) is 0 Å². The number of amides is 1. The maximum absolute atomic E-state index is 12.2. The van der Waals surface area contributed by atoms with Crippen LogP contribution in [0.15, 0.2) is 30.3 Å². The third-order valence-corrected chi connectivity index (χ3v) is 3.65. The van der Waals surface area contributed by atoms with Gasteiger partial charge >= 0.3 is 6.09 Å². The second-order valence-corrected chi connectivity index (χ2v) is 7.74. The van der Waals surface area contributed by atoms with E-state index in [1.54, 1.807) is 39.8 Å². The van der Waals surface area contributed by atoms with Crippen LogP contribution in [0, 0.1) is 0 Å². The quantitative estimate of drug-likeness (QED) is 0.524. The Labute approximate surface area is 143 Å². The van der Waals surface area contributed by atoms with Crippen molar-refractivity contribution in [2.75, 3.05) is 12.5 Å². The summed E-state index contributed by atoms with van der Waals surface area (Å²) in [5.74, 6) is -0.741. The number of carbonyl (C=O) groups excluding carboxylic acids is 1. The van der Waals surface area contributed by atoms with Crippen molar-refractivity contribution in [3.63, 3.8) is 0 Å². The largest absolute Gasteiger partial charge is 0.442 e. The summed E-state index contributed by atoms with van der Waals surface area (Å²) < 4.78 is 33.8. The molecule has 0 radical (unpaired) electrons. The Kier molecular flexibility index (Phi) is 7.65. The van der Waals surface area contributed by atoms with Crippen LogP contribution in [0.25, 0.3) is 0 Å². The Morgan fingerprint density at radius 2 is 1.79 bits per heavy atom. The molecule has 0 aliphatic rings. The van der Waals surface area contributed by atoms with Crippen molar-refractivity contribution in [3.05, 3.63) is 35.9 Å². The van der Waals surface area contributed by atoms with Crippen molar-refractivity contribution in [2.24, 2.45) is 0 Å². The predicted molar refractivity (Wildman–Crippen MR) is 89.3 cm³/mol. The first-order chi connectivity index (χ1) is 11.1. The van der Waals surface area contributed by atoms with E-state index in [1.807, 2.05) is 18.2 Å². The fraction of sp³-hybridized carbons (Fsp3) is 0.562. The average Bonchev–Trinajstić information content (AvgIpc) is 2.48. The molecule has 0 fully saturated rings. The molecule has 0 aliphatic heterocycles. The second kappa shape index (κ2) is 9.00. The number of rotatable bonds is 8. The van der Waals surface area contributed by atoms with Crippen LogP contribution in [-0.2, 0) is 30.5 Å². The molecule has 24 heavy (non-hydrogen) atoms. The Balaban J connectivity index is 2.80. The molecule has 1 aromatic rings. The Bertz CT molecular complexity index is 609. The maximum Gasteiger partial charge on any atom is 0.435 e. The molecule has 136 valence electrons. The van der Waals surface area contributed by atoms with Crippen LogP contribution in [0.5, 0.6) is 0 Å². The van der Waals surface area contributed by atoms with E-state index < -0.39 is 27.7 Å². The first-order valence-electron chi connectivity index (χ1n) is 7.67. The van der Waals surface area contributed by atoms with E-state index in [0.29, 0.717) is 11.5 Å². The molecule has 0 bridgehead atoms. The van der Waals surface area contributed by atoms with Crippen LogP contribution in [0.1, 0.15) is 39.7 Å². The molecule has 0 saturated carbocycles.